The SMILES string of the molecule is Cc1ccc(S(=O)(=O)N(c2cccc3cccnc23)S(=O)(=O)c2ccc(C)cc2)cc1. The van der Waals surface area contributed by atoms with Crippen LogP contribution in [0.1, 0.15) is 11.1 Å². The van der Waals surface area contributed by atoms with Crippen LogP contribution in [-0.2, 0) is 20.0 Å². The summed E-state index contributed by atoms with van der Waals surface area (Å²) < 4.78 is 55.3. The van der Waals surface area contributed by atoms with Crippen molar-refractivity contribution >= 4 is 36.6 Å². The molecule has 0 atom stereocenters. The molecule has 158 valence electrons. The largest absolute Gasteiger partial charge is 0.277 e. The fourth-order valence-electron chi connectivity index (χ4n) is 3.24. The average Bonchev–Trinajstić information content (AvgIpc) is 2.74. The second kappa shape index (κ2) is 7.79. The highest BCUT2D eigenvalue weighted by Gasteiger charge is 2.38. The van der Waals surface area contributed by atoms with Crippen LogP contribution in [0.15, 0.2) is 94.9 Å². The Labute approximate surface area is 181 Å². The number of sulfonamides is 2. The number of nitrogens with zero attached hydrogens (tertiary/aromatic N) is 2. The van der Waals surface area contributed by atoms with Crippen LogP contribution in [0.25, 0.3) is 10.9 Å². The highest BCUT2D eigenvalue weighted by molar-refractivity contribution is 8.10. The average molecular weight is 453 g/mol. The lowest BCUT2D eigenvalue weighted by Gasteiger charge is -2.25. The van der Waals surface area contributed by atoms with E-state index >= 15 is 0 Å². The molecular weight excluding hydrogens is 432 g/mol. The lowest BCUT2D eigenvalue weighted by Crippen LogP contribution is -2.37. The number of anilines is 1. The van der Waals surface area contributed by atoms with Crippen LogP contribution in [0.4, 0.5) is 5.69 Å². The lowest BCUT2D eigenvalue weighted by molar-refractivity contribution is 0.584. The minimum absolute atomic E-state index is 0.0285. The van der Waals surface area contributed by atoms with Gasteiger partial charge in [0.05, 0.1) is 21.0 Å². The molecule has 0 N–H and O–H groups in total. The van der Waals surface area contributed by atoms with Gasteiger partial charge in [-0.3, -0.25) is 4.98 Å². The smallest absolute Gasteiger partial charge is 0.254 e. The fraction of sp³-hybridized carbons (Fsp3) is 0.0870. The topological polar surface area (TPSA) is 84.4 Å². The van der Waals surface area contributed by atoms with Crippen LogP contribution >= 0.6 is 0 Å². The van der Waals surface area contributed by atoms with Crippen molar-refractivity contribution in [2.75, 3.05) is 3.71 Å². The molecule has 8 heteroatoms. The summed E-state index contributed by atoms with van der Waals surface area (Å²) in [5.74, 6) is 0. The van der Waals surface area contributed by atoms with Crippen LogP contribution < -0.4 is 3.71 Å². The minimum Gasteiger partial charge on any atom is -0.254 e. The summed E-state index contributed by atoms with van der Waals surface area (Å²) in [5, 5.41) is 0.628. The van der Waals surface area contributed by atoms with E-state index < -0.39 is 20.0 Å². The fourth-order valence-corrected chi connectivity index (χ4v) is 6.94. The number of hydrogen-bond acceptors (Lipinski definition) is 5. The third kappa shape index (κ3) is 3.80. The van der Waals surface area contributed by atoms with Crippen molar-refractivity contribution in [1.82, 2.24) is 4.98 Å². The Hall–Kier alpha value is -3.23. The number of rotatable bonds is 5. The van der Waals surface area contributed by atoms with E-state index in [-0.39, 0.29) is 21.0 Å². The van der Waals surface area contributed by atoms with E-state index in [1.165, 1.54) is 36.5 Å². The third-order valence-corrected chi connectivity index (χ3v) is 9.06. The van der Waals surface area contributed by atoms with E-state index in [1.807, 2.05) is 13.8 Å². The standard InChI is InChI=1S/C23H20N2O4S2/c1-17-8-12-20(13-9-17)30(26,27)25(31(28,29)21-14-10-18(2)11-15-21)22-7-3-5-19-6-4-16-24-23(19)22/h3-16H,1-2H3. The zero-order valence-electron chi connectivity index (χ0n) is 16.9. The zero-order valence-corrected chi connectivity index (χ0v) is 18.6. The van der Waals surface area contributed by atoms with Crippen molar-refractivity contribution in [2.45, 2.75) is 23.6 Å². The van der Waals surface area contributed by atoms with E-state index in [4.69, 9.17) is 0 Å². The summed E-state index contributed by atoms with van der Waals surface area (Å²) in [4.78, 5) is 4.03. The number of fused-ring (bicyclic) bond motifs is 1. The van der Waals surface area contributed by atoms with Gasteiger partial charge in [-0.15, -0.1) is 0 Å². The number of para-hydroxylation sites is 1. The Morgan fingerprint density at radius 3 is 1.65 bits per heavy atom. The van der Waals surface area contributed by atoms with Gasteiger partial charge in [0.1, 0.15) is 0 Å². The van der Waals surface area contributed by atoms with Crippen molar-refractivity contribution in [1.29, 1.82) is 0 Å². The molecule has 6 nitrogen and oxygen atoms in total. The van der Waals surface area contributed by atoms with Gasteiger partial charge in [-0.2, -0.15) is 3.71 Å². The van der Waals surface area contributed by atoms with E-state index in [1.54, 1.807) is 48.5 Å². The Balaban J connectivity index is 2.04. The highest BCUT2D eigenvalue weighted by atomic mass is 32.3. The van der Waals surface area contributed by atoms with Gasteiger partial charge in [0.2, 0.25) is 0 Å². The summed E-state index contributed by atoms with van der Waals surface area (Å²) in [6.45, 7) is 3.65. The van der Waals surface area contributed by atoms with Gasteiger partial charge in [-0.25, -0.2) is 16.8 Å². The van der Waals surface area contributed by atoms with E-state index in [0.29, 0.717) is 9.10 Å². The first-order chi connectivity index (χ1) is 14.7. The lowest BCUT2D eigenvalue weighted by atomic mass is 10.2. The molecule has 1 aromatic heterocycles. The molecule has 1 heterocycles. The predicted molar refractivity (Wildman–Crippen MR) is 121 cm³/mol. The molecule has 0 fully saturated rings. The first-order valence-corrected chi connectivity index (χ1v) is 12.4. The molecule has 0 radical (unpaired) electrons. The summed E-state index contributed by atoms with van der Waals surface area (Å²) in [5.41, 5.74) is 1.97. The molecule has 0 aliphatic rings. The molecule has 0 bridgehead atoms. The molecule has 4 aromatic rings. The van der Waals surface area contributed by atoms with Gasteiger partial charge in [0.25, 0.3) is 20.0 Å². The number of benzene rings is 3. The van der Waals surface area contributed by atoms with Gasteiger partial charge in [0.15, 0.2) is 0 Å². The Bertz CT molecular complexity index is 1380. The molecule has 31 heavy (non-hydrogen) atoms. The highest BCUT2D eigenvalue weighted by Crippen LogP contribution is 2.35. The van der Waals surface area contributed by atoms with Crippen molar-refractivity contribution in [2.24, 2.45) is 0 Å². The molecular formula is C23H20N2O4S2. The van der Waals surface area contributed by atoms with Gasteiger partial charge in [0, 0.05) is 11.6 Å². The van der Waals surface area contributed by atoms with Gasteiger partial charge < -0.3 is 0 Å². The minimum atomic E-state index is -4.47. The number of aryl methyl sites for hydroxylation is 2. The van der Waals surface area contributed by atoms with Crippen molar-refractivity contribution in [3.63, 3.8) is 0 Å². The second-order valence-corrected chi connectivity index (χ2v) is 11.0. The summed E-state index contributed by atoms with van der Waals surface area (Å²) in [6.07, 6.45) is 1.50. The Kier molecular flexibility index (Phi) is 5.28. The molecule has 0 spiro atoms. The van der Waals surface area contributed by atoms with Gasteiger partial charge in [-0.1, -0.05) is 53.6 Å². The van der Waals surface area contributed by atoms with Crippen molar-refractivity contribution in [3.8, 4) is 0 Å². The van der Waals surface area contributed by atoms with Crippen LogP contribution in [0.2, 0.25) is 0 Å². The molecule has 0 saturated heterocycles. The number of hydrogen-bond donors (Lipinski definition) is 0. The molecule has 0 unspecified atom stereocenters. The van der Waals surface area contributed by atoms with Gasteiger partial charge in [-0.05, 0) is 50.2 Å². The molecule has 4 rings (SSSR count). The maximum atomic E-state index is 13.7. The number of aromatic nitrogens is 1. The van der Waals surface area contributed by atoms with E-state index in [9.17, 15) is 16.8 Å². The third-order valence-electron chi connectivity index (χ3n) is 4.88. The summed E-state index contributed by atoms with van der Waals surface area (Å²) in [6, 6.07) is 20.4. The summed E-state index contributed by atoms with van der Waals surface area (Å²) in [7, 11) is -8.95. The zero-order chi connectivity index (χ0) is 22.2. The monoisotopic (exact) mass is 452 g/mol. The van der Waals surface area contributed by atoms with Crippen LogP contribution in [0.3, 0.4) is 0 Å². The summed E-state index contributed by atoms with van der Waals surface area (Å²) >= 11 is 0. The van der Waals surface area contributed by atoms with E-state index in [0.717, 1.165) is 11.1 Å². The van der Waals surface area contributed by atoms with Crippen molar-refractivity contribution in [3.05, 3.63) is 96.2 Å². The van der Waals surface area contributed by atoms with Gasteiger partial charge >= 0.3 is 0 Å². The molecule has 0 amide bonds. The molecule has 0 aliphatic heterocycles. The van der Waals surface area contributed by atoms with Crippen molar-refractivity contribution < 1.29 is 16.8 Å². The molecule has 0 aliphatic carbocycles. The quantitative estimate of drug-likeness (QED) is 0.447. The molecule has 0 saturated carbocycles. The maximum absolute atomic E-state index is 13.7. The van der Waals surface area contributed by atoms with Crippen LogP contribution in [-0.4, -0.2) is 21.8 Å². The molecule has 3 aromatic carbocycles. The Morgan fingerprint density at radius 2 is 1.13 bits per heavy atom. The van der Waals surface area contributed by atoms with E-state index in [2.05, 4.69) is 4.98 Å². The van der Waals surface area contributed by atoms with Crippen LogP contribution in [0, 0.1) is 13.8 Å². The Morgan fingerprint density at radius 1 is 0.645 bits per heavy atom. The first kappa shape index (κ1) is 21.0. The predicted octanol–water partition coefficient (Wildman–Crippen LogP) is 4.44. The first-order valence-electron chi connectivity index (χ1n) is 9.49. The van der Waals surface area contributed by atoms with Crippen LogP contribution in [0.5, 0.6) is 0 Å². The maximum Gasteiger partial charge on any atom is 0.277 e. The normalized spacial score (nSPS) is 12.1. The number of pyridine rings is 1. The second-order valence-electron chi connectivity index (χ2n) is 7.19.